The van der Waals surface area contributed by atoms with E-state index in [1.54, 1.807) is 0 Å². The van der Waals surface area contributed by atoms with Crippen LogP contribution in [-0.2, 0) is 0 Å². The average Bonchev–Trinajstić information content (AvgIpc) is 2.82. The minimum atomic E-state index is 0.0423. The Morgan fingerprint density at radius 1 is 1.59 bits per heavy atom. The van der Waals surface area contributed by atoms with E-state index >= 15 is 0 Å². The maximum absolute atomic E-state index is 12.0. The molecular formula is C13H16BrNOS. The van der Waals surface area contributed by atoms with Crippen molar-refractivity contribution in [1.82, 2.24) is 5.32 Å². The van der Waals surface area contributed by atoms with Crippen molar-refractivity contribution >= 4 is 33.6 Å². The van der Waals surface area contributed by atoms with Gasteiger partial charge in [-0.05, 0) is 48.5 Å². The van der Waals surface area contributed by atoms with Gasteiger partial charge in [-0.15, -0.1) is 0 Å². The van der Waals surface area contributed by atoms with Crippen molar-refractivity contribution in [1.29, 1.82) is 0 Å². The Balaban J connectivity index is 1.97. The molecule has 17 heavy (non-hydrogen) atoms. The first-order valence-corrected chi connectivity index (χ1v) is 7.74. The van der Waals surface area contributed by atoms with Gasteiger partial charge in [0.15, 0.2) is 0 Å². The van der Waals surface area contributed by atoms with Crippen molar-refractivity contribution in [2.24, 2.45) is 5.92 Å². The summed E-state index contributed by atoms with van der Waals surface area (Å²) in [5.41, 5.74) is 1.77. The highest BCUT2D eigenvalue weighted by Gasteiger charge is 2.17. The Morgan fingerprint density at radius 2 is 2.41 bits per heavy atom. The normalized spacial score (nSPS) is 19.3. The number of carbonyl (C=O) groups excluding carboxylic acids is 1. The second-order valence-electron chi connectivity index (χ2n) is 4.35. The molecule has 0 radical (unpaired) electrons. The van der Waals surface area contributed by atoms with E-state index in [0.717, 1.165) is 22.1 Å². The van der Waals surface area contributed by atoms with Gasteiger partial charge in [-0.1, -0.05) is 22.0 Å². The lowest BCUT2D eigenvalue weighted by atomic mass is 10.1. The van der Waals surface area contributed by atoms with Crippen molar-refractivity contribution in [3.63, 3.8) is 0 Å². The van der Waals surface area contributed by atoms with E-state index in [0.29, 0.717) is 5.92 Å². The Hall–Kier alpha value is -0.480. The fourth-order valence-electron chi connectivity index (χ4n) is 1.93. The molecule has 92 valence electrons. The van der Waals surface area contributed by atoms with E-state index in [9.17, 15) is 4.79 Å². The summed E-state index contributed by atoms with van der Waals surface area (Å²) in [6, 6.07) is 5.73. The maximum Gasteiger partial charge on any atom is 0.251 e. The van der Waals surface area contributed by atoms with Gasteiger partial charge in [0.1, 0.15) is 0 Å². The molecule has 0 spiro atoms. The van der Waals surface area contributed by atoms with Crippen LogP contribution in [0.5, 0.6) is 0 Å². The van der Waals surface area contributed by atoms with E-state index in [-0.39, 0.29) is 5.91 Å². The molecule has 2 nitrogen and oxygen atoms in total. The zero-order valence-corrected chi connectivity index (χ0v) is 12.2. The van der Waals surface area contributed by atoms with Crippen LogP contribution in [0, 0.1) is 12.8 Å². The fraction of sp³-hybridized carbons (Fsp3) is 0.462. The highest BCUT2D eigenvalue weighted by atomic mass is 79.9. The summed E-state index contributed by atoms with van der Waals surface area (Å²) < 4.78 is 0.988. The Kier molecular flexibility index (Phi) is 4.51. The number of hydrogen-bond donors (Lipinski definition) is 1. The molecule has 1 amide bonds. The number of rotatable bonds is 3. The van der Waals surface area contributed by atoms with Crippen LogP contribution in [0.1, 0.15) is 22.3 Å². The highest BCUT2D eigenvalue weighted by molar-refractivity contribution is 9.10. The highest BCUT2D eigenvalue weighted by Crippen LogP contribution is 2.23. The Labute approximate surface area is 115 Å². The SMILES string of the molecule is Cc1c(Br)cccc1C(=O)NCC1CCSC1. The van der Waals surface area contributed by atoms with E-state index in [2.05, 4.69) is 21.2 Å². The minimum Gasteiger partial charge on any atom is -0.352 e. The second-order valence-corrected chi connectivity index (χ2v) is 6.36. The maximum atomic E-state index is 12.0. The third-order valence-electron chi connectivity index (χ3n) is 3.09. The van der Waals surface area contributed by atoms with Gasteiger partial charge in [-0.25, -0.2) is 0 Å². The van der Waals surface area contributed by atoms with Gasteiger partial charge in [0, 0.05) is 16.6 Å². The van der Waals surface area contributed by atoms with Crippen LogP contribution in [0.2, 0.25) is 0 Å². The largest absolute Gasteiger partial charge is 0.352 e. The minimum absolute atomic E-state index is 0.0423. The van der Waals surface area contributed by atoms with Gasteiger partial charge >= 0.3 is 0 Å². The van der Waals surface area contributed by atoms with Gasteiger partial charge in [0.05, 0.1) is 0 Å². The number of thioether (sulfide) groups is 1. The first-order chi connectivity index (χ1) is 8.18. The Bertz CT molecular complexity index is 416. The van der Waals surface area contributed by atoms with Crippen molar-refractivity contribution in [3.8, 4) is 0 Å². The summed E-state index contributed by atoms with van der Waals surface area (Å²) in [7, 11) is 0. The van der Waals surface area contributed by atoms with Crippen LogP contribution in [0.15, 0.2) is 22.7 Å². The Morgan fingerprint density at radius 3 is 3.12 bits per heavy atom. The smallest absolute Gasteiger partial charge is 0.251 e. The van der Waals surface area contributed by atoms with Crippen LogP contribution < -0.4 is 5.32 Å². The van der Waals surface area contributed by atoms with Crippen molar-refractivity contribution < 1.29 is 4.79 Å². The molecule has 1 aromatic rings. The zero-order chi connectivity index (χ0) is 12.3. The van der Waals surface area contributed by atoms with Crippen LogP contribution in [0.3, 0.4) is 0 Å². The van der Waals surface area contributed by atoms with Gasteiger partial charge in [0.2, 0.25) is 0 Å². The molecule has 1 unspecified atom stereocenters. The van der Waals surface area contributed by atoms with E-state index in [1.807, 2.05) is 36.9 Å². The summed E-state index contributed by atoms with van der Waals surface area (Å²) in [6.45, 7) is 2.77. The molecule has 0 saturated carbocycles. The van der Waals surface area contributed by atoms with E-state index < -0.39 is 0 Å². The molecule has 1 heterocycles. The molecule has 1 aliphatic heterocycles. The summed E-state index contributed by atoms with van der Waals surface area (Å²) in [6.07, 6.45) is 1.22. The number of amides is 1. The molecule has 1 N–H and O–H groups in total. The molecular weight excluding hydrogens is 298 g/mol. The lowest BCUT2D eigenvalue weighted by Gasteiger charge is -2.12. The number of nitrogens with one attached hydrogen (secondary N) is 1. The van der Waals surface area contributed by atoms with Gasteiger partial charge < -0.3 is 5.32 Å². The molecule has 4 heteroatoms. The number of carbonyl (C=O) groups is 1. The zero-order valence-electron chi connectivity index (χ0n) is 9.83. The van der Waals surface area contributed by atoms with Gasteiger partial charge in [-0.2, -0.15) is 11.8 Å². The first-order valence-electron chi connectivity index (χ1n) is 5.79. The van der Waals surface area contributed by atoms with Gasteiger partial charge in [0.25, 0.3) is 5.91 Å². The van der Waals surface area contributed by atoms with Crippen molar-refractivity contribution in [2.75, 3.05) is 18.1 Å². The molecule has 2 rings (SSSR count). The topological polar surface area (TPSA) is 29.1 Å². The number of halogens is 1. The summed E-state index contributed by atoms with van der Waals surface area (Å²) >= 11 is 5.42. The van der Waals surface area contributed by atoms with E-state index in [4.69, 9.17) is 0 Å². The molecule has 0 aliphatic carbocycles. The lowest BCUT2D eigenvalue weighted by Crippen LogP contribution is -2.29. The van der Waals surface area contributed by atoms with Crippen molar-refractivity contribution in [2.45, 2.75) is 13.3 Å². The van der Waals surface area contributed by atoms with Crippen LogP contribution in [0.4, 0.5) is 0 Å². The quantitative estimate of drug-likeness (QED) is 0.928. The first kappa shape index (κ1) is 13.0. The molecule has 1 aliphatic rings. The number of benzene rings is 1. The van der Waals surface area contributed by atoms with E-state index in [1.165, 1.54) is 17.9 Å². The average molecular weight is 314 g/mol. The third kappa shape index (κ3) is 3.26. The summed E-state index contributed by atoms with van der Waals surface area (Å²) in [4.78, 5) is 12.0. The molecule has 1 fully saturated rings. The van der Waals surface area contributed by atoms with Crippen LogP contribution in [0.25, 0.3) is 0 Å². The number of hydrogen-bond acceptors (Lipinski definition) is 2. The van der Waals surface area contributed by atoms with Crippen LogP contribution in [-0.4, -0.2) is 24.0 Å². The predicted molar refractivity (Wildman–Crippen MR) is 76.6 cm³/mol. The predicted octanol–water partition coefficient (Wildman–Crippen LogP) is 3.24. The monoisotopic (exact) mass is 313 g/mol. The molecule has 1 saturated heterocycles. The van der Waals surface area contributed by atoms with Crippen molar-refractivity contribution in [3.05, 3.63) is 33.8 Å². The standard InChI is InChI=1S/C13H16BrNOS/c1-9-11(3-2-4-12(9)14)13(16)15-7-10-5-6-17-8-10/h2-4,10H,5-8H2,1H3,(H,15,16). The molecule has 0 aromatic heterocycles. The summed E-state index contributed by atoms with van der Waals surface area (Å²) in [5.74, 6) is 3.10. The molecule has 1 aromatic carbocycles. The van der Waals surface area contributed by atoms with Crippen LogP contribution >= 0.6 is 27.7 Å². The fourth-order valence-corrected chi connectivity index (χ4v) is 3.58. The second kappa shape index (κ2) is 5.91. The third-order valence-corrected chi connectivity index (χ3v) is 5.18. The molecule has 1 atom stereocenters. The molecule has 0 bridgehead atoms. The van der Waals surface area contributed by atoms with Gasteiger partial charge in [-0.3, -0.25) is 4.79 Å². The summed E-state index contributed by atoms with van der Waals surface area (Å²) in [5, 5.41) is 3.04. The lowest BCUT2D eigenvalue weighted by molar-refractivity contribution is 0.0948.